The Bertz CT molecular complexity index is 553. The second-order valence-corrected chi connectivity index (χ2v) is 7.63. The molecule has 0 aliphatic carbocycles. The fraction of sp³-hybridized carbons (Fsp3) is 0.667. The van der Waals surface area contributed by atoms with E-state index in [1.54, 1.807) is 12.1 Å². The molecule has 0 fully saturated rings. The highest BCUT2D eigenvalue weighted by atomic mass is 16.5. The van der Waals surface area contributed by atoms with Crippen LogP contribution in [0.1, 0.15) is 103 Å². The quantitative estimate of drug-likeness (QED) is 0.138. The number of benzene rings is 1. The summed E-state index contributed by atoms with van der Waals surface area (Å²) in [7, 11) is 0. The number of aromatic hydroxyl groups is 1. The lowest BCUT2D eigenvalue weighted by Crippen LogP contribution is -2.20. The average molecular weight is 391 g/mol. The van der Waals surface area contributed by atoms with Gasteiger partial charge in [-0.3, -0.25) is 4.79 Å². The number of ketones is 1. The molecule has 0 radical (unpaired) electrons. The molecular formula is C24H38O4. The van der Waals surface area contributed by atoms with Crippen molar-refractivity contribution >= 4 is 11.8 Å². The van der Waals surface area contributed by atoms with Crippen LogP contribution in [0.3, 0.4) is 0 Å². The third kappa shape index (κ3) is 11.8. The molecule has 0 bridgehead atoms. The lowest BCUT2D eigenvalue weighted by molar-refractivity contribution is -0.147. The maximum Gasteiger partial charge on any atom is 0.380 e. The number of carbonyl (C=O) groups excluding carboxylic acids is 2. The van der Waals surface area contributed by atoms with Crippen molar-refractivity contribution in [2.45, 2.75) is 103 Å². The van der Waals surface area contributed by atoms with Gasteiger partial charge in [0, 0.05) is 6.42 Å². The molecule has 0 unspecified atom stereocenters. The molecule has 0 aromatic heterocycles. The minimum Gasteiger partial charge on any atom is -0.504 e. The van der Waals surface area contributed by atoms with Gasteiger partial charge < -0.3 is 9.84 Å². The summed E-state index contributed by atoms with van der Waals surface area (Å²) in [5.41, 5.74) is 0. The maximum absolute atomic E-state index is 11.8. The molecule has 4 heteroatoms. The third-order valence-corrected chi connectivity index (χ3v) is 5.05. The van der Waals surface area contributed by atoms with Crippen LogP contribution >= 0.6 is 0 Å². The van der Waals surface area contributed by atoms with Crippen molar-refractivity contribution < 1.29 is 19.4 Å². The van der Waals surface area contributed by atoms with Crippen molar-refractivity contribution in [2.75, 3.05) is 0 Å². The van der Waals surface area contributed by atoms with E-state index in [-0.39, 0.29) is 17.9 Å². The van der Waals surface area contributed by atoms with Crippen LogP contribution < -0.4 is 4.74 Å². The highest BCUT2D eigenvalue weighted by molar-refractivity contribution is 6.34. The summed E-state index contributed by atoms with van der Waals surface area (Å²) in [6.45, 7) is 2.25. The number of para-hydroxylation sites is 2. The SMILES string of the molecule is CCCCCCCCCCCCCCCCC(=O)C(=O)Oc1ccccc1O. The Hall–Kier alpha value is -1.84. The van der Waals surface area contributed by atoms with Crippen molar-refractivity contribution in [3.8, 4) is 11.5 Å². The molecule has 1 rings (SSSR count). The first-order chi connectivity index (χ1) is 13.6. The fourth-order valence-electron chi connectivity index (χ4n) is 3.28. The van der Waals surface area contributed by atoms with Gasteiger partial charge in [0.1, 0.15) is 0 Å². The van der Waals surface area contributed by atoms with E-state index in [1.165, 1.54) is 82.8 Å². The summed E-state index contributed by atoms with van der Waals surface area (Å²) in [6, 6.07) is 6.15. The number of carbonyl (C=O) groups is 2. The van der Waals surface area contributed by atoms with Gasteiger partial charge in [-0.05, 0) is 18.6 Å². The molecule has 0 spiro atoms. The van der Waals surface area contributed by atoms with Crippen LogP contribution in [0.2, 0.25) is 0 Å². The number of esters is 1. The second-order valence-electron chi connectivity index (χ2n) is 7.63. The third-order valence-electron chi connectivity index (χ3n) is 5.05. The topological polar surface area (TPSA) is 63.6 Å². The number of phenols is 1. The zero-order valence-corrected chi connectivity index (χ0v) is 17.6. The van der Waals surface area contributed by atoms with Crippen LogP contribution in [0.4, 0.5) is 0 Å². The van der Waals surface area contributed by atoms with E-state index in [0.29, 0.717) is 6.42 Å². The van der Waals surface area contributed by atoms with Crippen LogP contribution in [0.15, 0.2) is 24.3 Å². The fourth-order valence-corrected chi connectivity index (χ4v) is 3.28. The number of Topliss-reactive ketones (excluding diaryl/α,β-unsaturated/α-hetero) is 1. The van der Waals surface area contributed by atoms with Gasteiger partial charge in [0.25, 0.3) is 0 Å². The van der Waals surface area contributed by atoms with Crippen molar-refractivity contribution in [1.29, 1.82) is 0 Å². The van der Waals surface area contributed by atoms with E-state index in [0.717, 1.165) is 12.8 Å². The molecule has 0 atom stereocenters. The molecule has 0 amide bonds. The summed E-state index contributed by atoms with van der Waals surface area (Å²) < 4.78 is 4.94. The van der Waals surface area contributed by atoms with Crippen LogP contribution in [-0.2, 0) is 9.59 Å². The van der Waals surface area contributed by atoms with E-state index in [1.807, 2.05) is 0 Å². The number of hydrogen-bond acceptors (Lipinski definition) is 4. The maximum atomic E-state index is 11.8. The Labute approximate surface area is 170 Å². The van der Waals surface area contributed by atoms with Crippen LogP contribution in [0, 0.1) is 0 Å². The Morgan fingerprint density at radius 2 is 1.21 bits per heavy atom. The highest BCUT2D eigenvalue weighted by Gasteiger charge is 2.17. The summed E-state index contributed by atoms with van der Waals surface area (Å²) >= 11 is 0. The number of phenolic OH excluding ortho intramolecular Hbond substituents is 1. The first kappa shape index (κ1) is 24.2. The first-order valence-corrected chi connectivity index (χ1v) is 11.2. The summed E-state index contributed by atoms with van der Waals surface area (Å²) in [4.78, 5) is 23.6. The lowest BCUT2D eigenvalue weighted by Gasteiger charge is -2.05. The van der Waals surface area contributed by atoms with Gasteiger partial charge in [0.05, 0.1) is 0 Å². The van der Waals surface area contributed by atoms with E-state index in [9.17, 15) is 14.7 Å². The lowest BCUT2D eigenvalue weighted by atomic mass is 10.0. The van der Waals surface area contributed by atoms with Gasteiger partial charge in [0.2, 0.25) is 5.78 Å². The molecular weight excluding hydrogens is 352 g/mol. The van der Waals surface area contributed by atoms with Crippen molar-refractivity contribution in [1.82, 2.24) is 0 Å². The highest BCUT2D eigenvalue weighted by Crippen LogP contribution is 2.24. The van der Waals surface area contributed by atoms with E-state index in [2.05, 4.69) is 6.92 Å². The van der Waals surface area contributed by atoms with Gasteiger partial charge in [-0.2, -0.15) is 0 Å². The van der Waals surface area contributed by atoms with Crippen molar-refractivity contribution in [3.05, 3.63) is 24.3 Å². The molecule has 4 nitrogen and oxygen atoms in total. The summed E-state index contributed by atoms with van der Waals surface area (Å²) in [5.74, 6) is -1.53. The Morgan fingerprint density at radius 1 is 0.750 bits per heavy atom. The predicted molar refractivity (Wildman–Crippen MR) is 114 cm³/mol. The minimum atomic E-state index is -0.892. The van der Waals surface area contributed by atoms with Gasteiger partial charge in [-0.25, -0.2) is 4.79 Å². The van der Waals surface area contributed by atoms with Crippen molar-refractivity contribution in [3.63, 3.8) is 0 Å². The number of ether oxygens (including phenoxy) is 1. The molecule has 0 aliphatic rings. The first-order valence-electron chi connectivity index (χ1n) is 11.2. The molecule has 158 valence electrons. The zero-order valence-electron chi connectivity index (χ0n) is 17.6. The molecule has 1 N–H and O–H groups in total. The standard InChI is InChI=1S/C24H38O4/c1-2-3-4-5-6-7-8-9-10-11-12-13-14-15-19-22(26)24(27)28-23-20-17-16-18-21(23)25/h16-18,20,25H,2-15,19H2,1H3. The number of hydrogen-bond donors (Lipinski definition) is 1. The van der Waals surface area contributed by atoms with Gasteiger partial charge >= 0.3 is 5.97 Å². The monoisotopic (exact) mass is 390 g/mol. The van der Waals surface area contributed by atoms with Gasteiger partial charge in [0.15, 0.2) is 11.5 Å². The molecule has 0 saturated heterocycles. The molecule has 0 heterocycles. The molecule has 1 aromatic carbocycles. The van der Waals surface area contributed by atoms with E-state index >= 15 is 0 Å². The predicted octanol–water partition coefficient (Wildman–Crippen LogP) is 6.74. The van der Waals surface area contributed by atoms with Gasteiger partial charge in [-0.15, -0.1) is 0 Å². The van der Waals surface area contributed by atoms with E-state index in [4.69, 9.17) is 4.74 Å². The van der Waals surface area contributed by atoms with Crippen LogP contribution in [0.25, 0.3) is 0 Å². The number of rotatable bonds is 17. The molecule has 1 aromatic rings. The molecule has 0 aliphatic heterocycles. The normalized spacial score (nSPS) is 10.8. The Kier molecular flexibility index (Phi) is 14.0. The number of unbranched alkanes of at least 4 members (excludes halogenated alkanes) is 13. The Balaban J connectivity index is 1.92. The van der Waals surface area contributed by atoms with E-state index < -0.39 is 11.8 Å². The smallest absolute Gasteiger partial charge is 0.380 e. The summed E-state index contributed by atoms with van der Waals surface area (Å²) in [5, 5.41) is 9.56. The second kappa shape index (κ2) is 16.1. The van der Waals surface area contributed by atoms with Crippen LogP contribution in [0.5, 0.6) is 11.5 Å². The zero-order chi connectivity index (χ0) is 20.5. The Morgan fingerprint density at radius 3 is 1.71 bits per heavy atom. The molecule has 0 saturated carbocycles. The van der Waals surface area contributed by atoms with Crippen molar-refractivity contribution in [2.24, 2.45) is 0 Å². The van der Waals surface area contributed by atoms with Crippen LogP contribution in [-0.4, -0.2) is 16.9 Å². The minimum absolute atomic E-state index is 0.0295. The van der Waals surface area contributed by atoms with Gasteiger partial charge in [-0.1, -0.05) is 103 Å². The largest absolute Gasteiger partial charge is 0.504 e. The molecule has 28 heavy (non-hydrogen) atoms. The summed E-state index contributed by atoms with van der Waals surface area (Å²) in [6.07, 6.45) is 17.7. The average Bonchev–Trinajstić information content (AvgIpc) is 2.69.